The van der Waals surface area contributed by atoms with Crippen molar-refractivity contribution < 1.29 is 14.2 Å². The molecule has 0 aliphatic carbocycles. The van der Waals surface area contributed by atoms with Crippen LogP contribution in [0.15, 0.2) is 36.5 Å². The third-order valence-corrected chi connectivity index (χ3v) is 2.47. The summed E-state index contributed by atoms with van der Waals surface area (Å²) in [5, 5.41) is 0. The van der Waals surface area contributed by atoms with Crippen molar-refractivity contribution in [2.45, 2.75) is 0 Å². The second-order valence-corrected chi connectivity index (χ2v) is 3.58. The summed E-state index contributed by atoms with van der Waals surface area (Å²) in [6.45, 7) is 0. The minimum atomic E-state index is 0.652. The zero-order valence-corrected chi connectivity index (χ0v) is 10.1. The molecule has 0 N–H and O–H groups in total. The van der Waals surface area contributed by atoms with E-state index in [1.165, 1.54) is 0 Å². The highest BCUT2D eigenvalue weighted by molar-refractivity contribution is 5.46. The van der Waals surface area contributed by atoms with Crippen molar-refractivity contribution in [3.05, 3.63) is 36.5 Å². The maximum Gasteiger partial charge on any atom is 0.199 e. The molecule has 0 saturated heterocycles. The Labute approximate surface area is 100 Å². The van der Waals surface area contributed by atoms with E-state index in [0.29, 0.717) is 17.2 Å². The van der Waals surface area contributed by atoms with Gasteiger partial charge in [0.1, 0.15) is 5.75 Å². The van der Waals surface area contributed by atoms with Gasteiger partial charge in [0.05, 0.1) is 14.2 Å². The summed E-state index contributed by atoms with van der Waals surface area (Å²) in [5.41, 5.74) is 0. The number of ether oxygens (including phenoxy) is 3. The molecule has 17 heavy (non-hydrogen) atoms. The van der Waals surface area contributed by atoms with E-state index in [4.69, 9.17) is 14.2 Å². The maximum absolute atomic E-state index is 5.72. The van der Waals surface area contributed by atoms with Gasteiger partial charge in [-0.2, -0.15) is 0 Å². The highest BCUT2D eigenvalue weighted by Crippen LogP contribution is 2.32. The molecule has 4 nitrogen and oxygen atoms in total. The minimum Gasteiger partial charge on any atom is -0.493 e. The van der Waals surface area contributed by atoms with Crippen LogP contribution in [0.25, 0.3) is 0 Å². The average molecular weight is 233 g/mol. The van der Waals surface area contributed by atoms with Gasteiger partial charge in [0.15, 0.2) is 17.4 Å². The van der Waals surface area contributed by atoms with E-state index < -0.39 is 0 Å². The first-order chi connectivity index (χ1) is 8.24. The SMILES string of the molecule is COc1ccc(Oc2cccn2C)cc1OC. The summed E-state index contributed by atoms with van der Waals surface area (Å²) in [6.07, 6.45) is 1.93. The first-order valence-corrected chi connectivity index (χ1v) is 5.26. The molecule has 90 valence electrons. The van der Waals surface area contributed by atoms with Crippen LogP contribution in [0.5, 0.6) is 23.1 Å². The molecular formula is C13H15NO3. The van der Waals surface area contributed by atoms with E-state index >= 15 is 0 Å². The fraction of sp³-hybridized carbons (Fsp3) is 0.231. The molecule has 1 heterocycles. The van der Waals surface area contributed by atoms with Gasteiger partial charge in [-0.15, -0.1) is 0 Å². The lowest BCUT2D eigenvalue weighted by molar-refractivity contribution is 0.351. The minimum absolute atomic E-state index is 0.652. The Kier molecular flexibility index (Phi) is 3.23. The number of hydrogen-bond donors (Lipinski definition) is 0. The molecule has 1 aromatic heterocycles. The molecular weight excluding hydrogens is 218 g/mol. The van der Waals surface area contributed by atoms with Crippen LogP contribution in [0.4, 0.5) is 0 Å². The Balaban J connectivity index is 2.25. The van der Waals surface area contributed by atoms with Crippen molar-refractivity contribution in [3.8, 4) is 23.1 Å². The van der Waals surface area contributed by atoms with Crippen molar-refractivity contribution in [2.75, 3.05) is 14.2 Å². The summed E-state index contributed by atoms with van der Waals surface area (Å²) in [6, 6.07) is 9.28. The van der Waals surface area contributed by atoms with Crippen LogP contribution in [0.2, 0.25) is 0 Å². The predicted molar refractivity (Wildman–Crippen MR) is 65.0 cm³/mol. The van der Waals surface area contributed by atoms with E-state index in [1.807, 2.05) is 42.1 Å². The molecule has 0 atom stereocenters. The Morgan fingerprint density at radius 2 is 1.76 bits per heavy atom. The molecule has 0 aliphatic heterocycles. The predicted octanol–water partition coefficient (Wildman–Crippen LogP) is 2.83. The third kappa shape index (κ3) is 2.36. The smallest absolute Gasteiger partial charge is 0.199 e. The Morgan fingerprint density at radius 3 is 2.35 bits per heavy atom. The van der Waals surface area contributed by atoms with Crippen LogP contribution < -0.4 is 14.2 Å². The van der Waals surface area contributed by atoms with E-state index in [2.05, 4.69) is 0 Å². The molecule has 0 saturated carbocycles. The standard InChI is InChI=1S/C13H15NO3/c1-14-8-4-5-13(14)17-10-6-7-11(15-2)12(9-10)16-3/h4-9H,1-3H3. The third-order valence-electron chi connectivity index (χ3n) is 2.47. The fourth-order valence-corrected chi connectivity index (χ4v) is 1.55. The first-order valence-electron chi connectivity index (χ1n) is 5.26. The Bertz CT molecular complexity index is 505. The lowest BCUT2D eigenvalue weighted by Crippen LogP contribution is -1.94. The molecule has 1 aromatic carbocycles. The van der Waals surface area contributed by atoms with Gasteiger partial charge in [0.2, 0.25) is 0 Å². The normalized spacial score (nSPS) is 10.1. The van der Waals surface area contributed by atoms with Crippen molar-refractivity contribution in [1.82, 2.24) is 4.57 Å². The van der Waals surface area contributed by atoms with E-state index in [-0.39, 0.29) is 0 Å². The van der Waals surface area contributed by atoms with Gasteiger partial charge in [0.25, 0.3) is 0 Å². The molecule has 0 unspecified atom stereocenters. The molecule has 0 bridgehead atoms. The summed E-state index contributed by atoms with van der Waals surface area (Å²) < 4.78 is 18.0. The highest BCUT2D eigenvalue weighted by atomic mass is 16.5. The average Bonchev–Trinajstić information content (AvgIpc) is 2.75. The molecule has 2 rings (SSSR count). The van der Waals surface area contributed by atoms with Gasteiger partial charge >= 0.3 is 0 Å². The summed E-state index contributed by atoms with van der Waals surface area (Å²) >= 11 is 0. The van der Waals surface area contributed by atoms with E-state index in [0.717, 1.165) is 5.88 Å². The van der Waals surface area contributed by atoms with Crippen LogP contribution >= 0.6 is 0 Å². The lowest BCUT2D eigenvalue weighted by atomic mass is 10.3. The number of aryl methyl sites for hydroxylation is 1. The Morgan fingerprint density at radius 1 is 1.00 bits per heavy atom. The fourth-order valence-electron chi connectivity index (χ4n) is 1.55. The summed E-state index contributed by atoms with van der Waals surface area (Å²) in [4.78, 5) is 0. The Hall–Kier alpha value is -2.10. The molecule has 2 aromatic rings. The van der Waals surface area contributed by atoms with Gasteiger partial charge in [0, 0.05) is 25.4 Å². The number of hydrogen-bond acceptors (Lipinski definition) is 3. The van der Waals surface area contributed by atoms with E-state index in [9.17, 15) is 0 Å². The monoisotopic (exact) mass is 233 g/mol. The molecule has 0 aliphatic rings. The number of benzene rings is 1. The zero-order chi connectivity index (χ0) is 12.3. The second kappa shape index (κ2) is 4.82. The summed E-state index contributed by atoms with van der Waals surface area (Å²) in [7, 11) is 5.13. The molecule has 0 fully saturated rings. The number of rotatable bonds is 4. The molecule has 4 heteroatoms. The number of nitrogens with zero attached hydrogens (tertiary/aromatic N) is 1. The molecule has 0 spiro atoms. The maximum atomic E-state index is 5.72. The van der Waals surface area contributed by atoms with Crippen LogP contribution in [-0.2, 0) is 7.05 Å². The largest absolute Gasteiger partial charge is 0.493 e. The highest BCUT2D eigenvalue weighted by Gasteiger charge is 2.06. The summed E-state index contributed by atoms with van der Waals surface area (Å²) in [5.74, 6) is 2.83. The van der Waals surface area contributed by atoms with Crippen molar-refractivity contribution >= 4 is 0 Å². The second-order valence-electron chi connectivity index (χ2n) is 3.58. The van der Waals surface area contributed by atoms with E-state index in [1.54, 1.807) is 20.3 Å². The van der Waals surface area contributed by atoms with Gasteiger partial charge in [-0.3, -0.25) is 0 Å². The van der Waals surface area contributed by atoms with Gasteiger partial charge < -0.3 is 18.8 Å². The molecule has 0 radical (unpaired) electrons. The topological polar surface area (TPSA) is 32.6 Å². The lowest BCUT2D eigenvalue weighted by Gasteiger charge is -2.10. The quantitative estimate of drug-likeness (QED) is 0.814. The number of aromatic nitrogens is 1. The molecule has 0 amide bonds. The van der Waals surface area contributed by atoms with Crippen molar-refractivity contribution in [3.63, 3.8) is 0 Å². The zero-order valence-electron chi connectivity index (χ0n) is 10.1. The first kappa shape index (κ1) is 11.4. The van der Waals surface area contributed by atoms with Crippen LogP contribution in [0.1, 0.15) is 0 Å². The van der Waals surface area contributed by atoms with Crippen LogP contribution in [0.3, 0.4) is 0 Å². The van der Waals surface area contributed by atoms with Crippen LogP contribution in [0, 0.1) is 0 Å². The van der Waals surface area contributed by atoms with Crippen molar-refractivity contribution in [2.24, 2.45) is 7.05 Å². The van der Waals surface area contributed by atoms with Gasteiger partial charge in [-0.05, 0) is 18.2 Å². The number of methoxy groups -OCH3 is 2. The van der Waals surface area contributed by atoms with Gasteiger partial charge in [-0.25, -0.2) is 0 Å². The van der Waals surface area contributed by atoms with Crippen molar-refractivity contribution in [1.29, 1.82) is 0 Å². The van der Waals surface area contributed by atoms with Crippen LogP contribution in [-0.4, -0.2) is 18.8 Å². The van der Waals surface area contributed by atoms with Gasteiger partial charge in [-0.1, -0.05) is 0 Å².